The molecule has 3 aromatic rings. The molecule has 0 atom stereocenters. The van der Waals surface area contributed by atoms with Crippen molar-refractivity contribution in [1.29, 1.82) is 0 Å². The van der Waals surface area contributed by atoms with Crippen LogP contribution in [0.5, 0.6) is 5.75 Å². The molecule has 0 saturated heterocycles. The van der Waals surface area contributed by atoms with E-state index in [-0.39, 0.29) is 6.09 Å². The van der Waals surface area contributed by atoms with Crippen molar-refractivity contribution < 1.29 is 18.7 Å². The van der Waals surface area contributed by atoms with E-state index >= 15 is 0 Å². The van der Waals surface area contributed by atoms with Crippen LogP contribution in [0.15, 0.2) is 59.0 Å². The smallest absolute Gasteiger partial charge is 0.409 e. The molecular weight excluding hydrogens is 368 g/mol. The summed E-state index contributed by atoms with van der Waals surface area (Å²) in [5.74, 6) is 2.22. The van der Waals surface area contributed by atoms with Gasteiger partial charge in [0.25, 0.3) is 0 Å². The Balaban J connectivity index is 1.53. The molecule has 0 aliphatic rings. The highest BCUT2D eigenvalue weighted by Gasteiger charge is 2.13. The average Bonchev–Trinajstić information content (AvgIpc) is 3.13. The topological polar surface area (TPSA) is 64.8 Å². The number of hydrogen-bond donors (Lipinski definition) is 0. The molecule has 0 saturated carbocycles. The number of methoxy groups -OCH3 is 1. The SMILES string of the molecule is CCN(Cc1ccc(OCCc2nc(-c3ccccc3)oc2C)cc1)C(=O)OC. The monoisotopic (exact) mass is 394 g/mol. The van der Waals surface area contributed by atoms with Crippen LogP contribution in [0.2, 0.25) is 0 Å². The summed E-state index contributed by atoms with van der Waals surface area (Å²) in [6, 6.07) is 17.6. The summed E-state index contributed by atoms with van der Waals surface area (Å²) in [4.78, 5) is 17.9. The summed E-state index contributed by atoms with van der Waals surface area (Å²) in [5, 5.41) is 0. The Kier molecular flexibility index (Phi) is 6.89. The number of aryl methyl sites for hydroxylation is 1. The third-order valence-electron chi connectivity index (χ3n) is 4.63. The van der Waals surface area contributed by atoms with Gasteiger partial charge in [0.2, 0.25) is 5.89 Å². The third-order valence-corrected chi connectivity index (χ3v) is 4.63. The summed E-state index contributed by atoms with van der Waals surface area (Å²) >= 11 is 0. The van der Waals surface area contributed by atoms with Gasteiger partial charge in [-0.05, 0) is 43.7 Å². The first-order chi connectivity index (χ1) is 14.1. The standard InChI is InChI=1S/C23H26N2O4/c1-4-25(23(26)27-3)16-18-10-12-20(13-11-18)28-15-14-21-17(2)29-22(24-21)19-8-6-5-7-9-19/h5-13H,4,14-16H2,1-3H3. The molecule has 0 radical (unpaired) electrons. The first kappa shape index (κ1) is 20.5. The Morgan fingerprint density at radius 3 is 2.48 bits per heavy atom. The van der Waals surface area contributed by atoms with E-state index in [1.165, 1.54) is 7.11 Å². The van der Waals surface area contributed by atoms with Gasteiger partial charge < -0.3 is 18.8 Å². The Morgan fingerprint density at radius 2 is 1.83 bits per heavy atom. The zero-order chi connectivity index (χ0) is 20.6. The molecule has 0 unspecified atom stereocenters. The van der Waals surface area contributed by atoms with Gasteiger partial charge in [-0.1, -0.05) is 30.3 Å². The fourth-order valence-corrected chi connectivity index (χ4v) is 2.98. The molecule has 0 fully saturated rings. The molecule has 0 bridgehead atoms. The predicted molar refractivity (Wildman–Crippen MR) is 111 cm³/mol. The maximum atomic E-state index is 11.7. The van der Waals surface area contributed by atoms with Crippen molar-refractivity contribution >= 4 is 6.09 Å². The quantitative estimate of drug-likeness (QED) is 0.546. The number of hydrogen-bond acceptors (Lipinski definition) is 5. The predicted octanol–water partition coefficient (Wildman–Crippen LogP) is 4.86. The van der Waals surface area contributed by atoms with E-state index in [0.717, 1.165) is 28.3 Å². The Bertz CT molecular complexity index is 920. The van der Waals surface area contributed by atoms with Gasteiger partial charge in [0.15, 0.2) is 0 Å². The molecule has 2 aromatic carbocycles. The minimum Gasteiger partial charge on any atom is -0.493 e. The average molecular weight is 394 g/mol. The second kappa shape index (κ2) is 9.78. The van der Waals surface area contributed by atoms with Crippen LogP contribution in [0, 0.1) is 6.92 Å². The maximum Gasteiger partial charge on any atom is 0.409 e. The lowest BCUT2D eigenvalue weighted by Gasteiger charge is -2.19. The number of ether oxygens (including phenoxy) is 2. The molecule has 0 aliphatic carbocycles. The van der Waals surface area contributed by atoms with Crippen LogP contribution < -0.4 is 4.74 Å². The molecule has 0 spiro atoms. The van der Waals surface area contributed by atoms with Crippen molar-refractivity contribution in [2.45, 2.75) is 26.8 Å². The lowest BCUT2D eigenvalue weighted by Crippen LogP contribution is -2.29. The lowest BCUT2D eigenvalue weighted by molar-refractivity contribution is 0.123. The lowest BCUT2D eigenvalue weighted by atomic mass is 10.2. The number of carbonyl (C=O) groups is 1. The molecule has 152 valence electrons. The van der Waals surface area contributed by atoms with Gasteiger partial charge in [0.05, 0.1) is 19.4 Å². The molecule has 0 aliphatic heterocycles. The van der Waals surface area contributed by atoms with E-state index in [4.69, 9.17) is 13.9 Å². The van der Waals surface area contributed by atoms with Crippen molar-refractivity contribution in [2.75, 3.05) is 20.3 Å². The summed E-state index contributed by atoms with van der Waals surface area (Å²) in [5.41, 5.74) is 2.88. The first-order valence-electron chi connectivity index (χ1n) is 9.67. The highest BCUT2D eigenvalue weighted by atomic mass is 16.5. The Hall–Kier alpha value is -3.28. The number of carbonyl (C=O) groups excluding carboxylic acids is 1. The van der Waals surface area contributed by atoms with Gasteiger partial charge in [0.1, 0.15) is 11.5 Å². The minimum atomic E-state index is -0.328. The van der Waals surface area contributed by atoms with Crippen molar-refractivity contribution in [3.63, 3.8) is 0 Å². The number of aromatic nitrogens is 1. The molecule has 1 heterocycles. The molecule has 29 heavy (non-hydrogen) atoms. The van der Waals surface area contributed by atoms with Gasteiger partial charge in [-0.3, -0.25) is 0 Å². The molecular formula is C23H26N2O4. The fraction of sp³-hybridized carbons (Fsp3) is 0.304. The molecule has 6 heteroatoms. The number of rotatable bonds is 8. The molecule has 3 rings (SSSR count). The number of nitrogens with zero attached hydrogens (tertiary/aromatic N) is 2. The van der Waals surface area contributed by atoms with E-state index in [9.17, 15) is 4.79 Å². The van der Waals surface area contributed by atoms with Crippen molar-refractivity contribution in [1.82, 2.24) is 9.88 Å². The van der Waals surface area contributed by atoms with Gasteiger partial charge in [-0.2, -0.15) is 0 Å². The summed E-state index contributed by atoms with van der Waals surface area (Å²) in [6.45, 7) is 5.44. The third kappa shape index (κ3) is 5.38. The van der Waals surface area contributed by atoms with Gasteiger partial charge in [0, 0.05) is 25.1 Å². The van der Waals surface area contributed by atoms with Crippen molar-refractivity contribution in [3.8, 4) is 17.2 Å². The van der Waals surface area contributed by atoms with Crippen LogP contribution in [-0.2, 0) is 17.7 Å². The van der Waals surface area contributed by atoms with Crippen LogP contribution in [0.3, 0.4) is 0 Å². The van der Waals surface area contributed by atoms with E-state index in [1.54, 1.807) is 4.90 Å². The van der Waals surface area contributed by atoms with Crippen LogP contribution in [0.4, 0.5) is 4.79 Å². The normalized spacial score (nSPS) is 10.6. The zero-order valence-electron chi connectivity index (χ0n) is 17.1. The molecule has 6 nitrogen and oxygen atoms in total. The van der Waals surface area contributed by atoms with Crippen LogP contribution in [0.1, 0.15) is 23.9 Å². The molecule has 0 N–H and O–H groups in total. The fourth-order valence-electron chi connectivity index (χ4n) is 2.98. The second-order valence-corrected chi connectivity index (χ2v) is 6.61. The first-order valence-corrected chi connectivity index (χ1v) is 9.67. The zero-order valence-corrected chi connectivity index (χ0v) is 17.1. The summed E-state index contributed by atoms with van der Waals surface area (Å²) in [7, 11) is 1.39. The van der Waals surface area contributed by atoms with E-state index in [0.29, 0.717) is 32.0 Å². The Labute approximate surface area is 171 Å². The second-order valence-electron chi connectivity index (χ2n) is 6.61. The van der Waals surface area contributed by atoms with E-state index in [1.807, 2.05) is 68.4 Å². The summed E-state index contributed by atoms with van der Waals surface area (Å²) in [6.07, 6.45) is 0.334. The summed E-state index contributed by atoms with van der Waals surface area (Å²) < 4.78 is 16.4. The van der Waals surface area contributed by atoms with E-state index in [2.05, 4.69) is 4.98 Å². The van der Waals surface area contributed by atoms with Crippen molar-refractivity contribution in [3.05, 3.63) is 71.6 Å². The van der Waals surface area contributed by atoms with Crippen LogP contribution in [0.25, 0.3) is 11.5 Å². The van der Waals surface area contributed by atoms with Gasteiger partial charge in [-0.25, -0.2) is 9.78 Å². The van der Waals surface area contributed by atoms with Crippen LogP contribution >= 0.6 is 0 Å². The highest BCUT2D eigenvalue weighted by molar-refractivity contribution is 5.67. The van der Waals surface area contributed by atoms with Gasteiger partial charge in [-0.15, -0.1) is 0 Å². The number of amides is 1. The Morgan fingerprint density at radius 1 is 1.10 bits per heavy atom. The number of oxazole rings is 1. The number of benzene rings is 2. The molecule has 1 amide bonds. The molecule has 1 aromatic heterocycles. The van der Waals surface area contributed by atoms with Crippen molar-refractivity contribution in [2.24, 2.45) is 0 Å². The van der Waals surface area contributed by atoms with Crippen LogP contribution in [-0.4, -0.2) is 36.2 Å². The maximum absolute atomic E-state index is 11.7. The minimum absolute atomic E-state index is 0.328. The van der Waals surface area contributed by atoms with E-state index < -0.39 is 0 Å². The largest absolute Gasteiger partial charge is 0.493 e. The van der Waals surface area contributed by atoms with Gasteiger partial charge >= 0.3 is 6.09 Å². The highest BCUT2D eigenvalue weighted by Crippen LogP contribution is 2.22.